The molecule has 1 aromatic rings. The second-order valence-electron chi connectivity index (χ2n) is 5.45. The second kappa shape index (κ2) is 8.46. The molecule has 112 valence electrons. The predicted octanol–water partition coefficient (Wildman–Crippen LogP) is 3.11. The van der Waals surface area contributed by atoms with E-state index in [1.54, 1.807) is 0 Å². The molecule has 20 heavy (non-hydrogen) atoms. The molecule has 1 atom stereocenters. The lowest BCUT2D eigenvalue weighted by atomic mass is 10.1. The fourth-order valence-corrected chi connectivity index (χ4v) is 1.52. The van der Waals surface area contributed by atoms with Crippen molar-refractivity contribution < 1.29 is 9.53 Å². The highest BCUT2D eigenvalue weighted by Crippen LogP contribution is 2.11. The topological polar surface area (TPSA) is 50.4 Å². The Morgan fingerprint density at radius 1 is 1.20 bits per heavy atom. The standard InChI is InChI=1S/C16H26N2O2/c1-12(2)14(4)18-16(19)17-10-5-11-20-15-8-6-13(3)7-9-15/h6-9,12,14H,5,10-11H2,1-4H3,(H2,17,18,19). The quantitative estimate of drug-likeness (QED) is 0.753. The molecule has 0 aliphatic rings. The summed E-state index contributed by atoms with van der Waals surface area (Å²) in [5, 5.41) is 5.74. The molecule has 1 unspecified atom stereocenters. The van der Waals surface area contributed by atoms with Crippen LogP contribution >= 0.6 is 0 Å². The first-order valence-electron chi connectivity index (χ1n) is 7.23. The van der Waals surface area contributed by atoms with E-state index in [4.69, 9.17) is 4.74 Å². The van der Waals surface area contributed by atoms with Gasteiger partial charge in [-0.3, -0.25) is 0 Å². The van der Waals surface area contributed by atoms with Crippen LogP contribution in [0.5, 0.6) is 5.75 Å². The third-order valence-corrected chi connectivity index (χ3v) is 3.26. The number of amides is 2. The molecule has 0 bridgehead atoms. The highest BCUT2D eigenvalue weighted by molar-refractivity contribution is 5.74. The van der Waals surface area contributed by atoms with Crippen LogP contribution in [0.3, 0.4) is 0 Å². The van der Waals surface area contributed by atoms with Gasteiger partial charge in [0.25, 0.3) is 0 Å². The predicted molar refractivity (Wildman–Crippen MR) is 82.1 cm³/mol. The number of hydrogen-bond acceptors (Lipinski definition) is 2. The van der Waals surface area contributed by atoms with Crippen molar-refractivity contribution in [2.45, 2.75) is 40.2 Å². The van der Waals surface area contributed by atoms with E-state index in [9.17, 15) is 4.79 Å². The molecule has 2 amide bonds. The minimum Gasteiger partial charge on any atom is -0.494 e. The highest BCUT2D eigenvalue weighted by atomic mass is 16.5. The van der Waals surface area contributed by atoms with Crippen molar-refractivity contribution in [1.82, 2.24) is 10.6 Å². The number of ether oxygens (including phenoxy) is 1. The minimum absolute atomic E-state index is 0.110. The molecule has 0 radical (unpaired) electrons. The number of carbonyl (C=O) groups excluding carboxylic acids is 1. The molecule has 0 spiro atoms. The van der Waals surface area contributed by atoms with Crippen LogP contribution in [0.25, 0.3) is 0 Å². The number of rotatable bonds is 7. The molecule has 0 saturated heterocycles. The average Bonchev–Trinajstić information content (AvgIpc) is 2.40. The Hall–Kier alpha value is -1.71. The molecule has 1 rings (SSSR count). The van der Waals surface area contributed by atoms with Gasteiger partial charge in [-0.1, -0.05) is 31.5 Å². The van der Waals surface area contributed by atoms with E-state index < -0.39 is 0 Å². The summed E-state index contributed by atoms with van der Waals surface area (Å²) in [6.07, 6.45) is 0.789. The third kappa shape index (κ3) is 6.45. The number of nitrogens with one attached hydrogen (secondary N) is 2. The van der Waals surface area contributed by atoms with Gasteiger partial charge in [0.15, 0.2) is 0 Å². The molecular weight excluding hydrogens is 252 g/mol. The van der Waals surface area contributed by atoms with Crippen LogP contribution in [0.1, 0.15) is 32.8 Å². The summed E-state index contributed by atoms with van der Waals surface area (Å²) in [4.78, 5) is 11.6. The normalized spacial score (nSPS) is 12.1. The number of benzene rings is 1. The maximum absolute atomic E-state index is 11.6. The van der Waals surface area contributed by atoms with E-state index in [0.717, 1.165) is 12.2 Å². The van der Waals surface area contributed by atoms with Crippen molar-refractivity contribution in [3.05, 3.63) is 29.8 Å². The zero-order chi connectivity index (χ0) is 15.0. The zero-order valence-corrected chi connectivity index (χ0v) is 12.9. The Morgan fingerprint density at radius 2 is 1.85 bits per heavy atom. The van der Waals surface area contributed by atoms with Crippen LogP contribution < -0.4 is 15.4 Å². The van der Waals surface area contributed by atoms with Gasteiger partial charge in [-0.2, -0.15) is 0 Å². The largest absolute Gasteiger partial charge is 0.494 e. The summed E-state index contributed by atoms with van der Waals surface area (Å²) >= 11 is 0. The van der Waals surface area contributed by atoms with Gasteiger partial charge in [0, 0.05) is 12.6 Å². The molecule has 0 fully saturated rings. The van der Waals surface area contributed by atoms with E-state index in [2.05, 4.69) is 24.5 Å². The average molecular weight is 278 g/mol. The number of carbonyl (C=O) groups is 1. The first kappa shape index (κ1) is 16.3. The van der Waals surface area contributed by atoms with Gasteiger partial charge in [0.1, 0.15) is 5.75 Å². The van der Waals surface area contributed by atoms with Gasteiger partial charge in [-0.05, 0) is 38.3 Å². The maximum atomic E-state index is 11.6. The first-order valence-corrected chi connectivity index (χ1v) is 7.23. The fraction of sp³-hybridized carbons (Fsp3) is 0.562. The molecule has 1 aromatic carbocycles. The molecular formula is C16H26N2O2. The Morgan fingerprint density at radius 3 is 2.45 bits per heavy atom. The minimum atomic E-state index is -0.110. The van der Waals surface area contributed by atoms with Crippen molar-refractivity contribution in [1.29, 1.82) is 0 Å². The van der Waals surface area contributed by atoms with Crippen LogP contribution in [-0.4, -0.2) is 25.2 Å². The van der Waals surface area contributed by atoms with Gasteiger partial charge in [-0.25, -0.2) is 4.79 Å². The van der Waals surface area contributed by atoms with Crippen molar-refractivity contribution in [2.24, 2.45) is 5.92 Å². The van der Waals surface area contributed by atoms with E-state index in [0.29, 0.717) is 19.1 Å². The van der Waals surface area contributed by atoms with Gasteiger partial charge >= 0.3 is 6.03 Å². The van der Waals surface area contributed by atoms with E-state index in [1.165, 1.54) is 5.56 Å². The molecule has 0 aromatic heterocycles. The Labute approximate surface area is 121 Å². The molecule has 4 heteroatoms. The second-order valence-corrected chi connectivity index (χ2v) is 5.45. The van der Waals surface area contributed by atoms with Gasteiger partial charge < -0.3 is 15.4 Å². The molecule has 4 nitrogen and oxygen atoms in total. The summed E-state index contributed by atoms with van der Waals surface area (Å²) in [6, 6.07) is 8.03. The SMILES string of the molecule is Cc1ccc(OCCCNC(=O)NC(C)C(C)C)cc1. The van der Waals surface area contributed by atoms with Crippen molar-refractivity contribution >= 4 is 6.03 Å². The van der Waals surface area contributed by atoms with Crippen LogP contribution in [0.2, 0.25) is 0 Å². The van der Waals surface area contributed by atoms with Gasteiger partial charge in [0.2, 0.25) is 0 Å². The van der Waals surface area contributed by atoms with E-state index in [1.807, 2.05) is 38.1 Å². The molecule has 0 aliphatic heterocycles. The van der Waals surface area contributed by atoms with Crippen LogP contribution in [0.15, 0.2) is 24.3 Å². The summed E-state index contributed by atoms with van der Waals surface area (Å²) in [6.45, 7) is 9.43. The summed E-state index contributed by atoms with van der Waals surface area (Å²) in [5.41, 5.74) is 1.22. The Balaban J connectivity index is 2.10. The Bertz CT molecular complexity index is 401. The highest BCUT2D eigenvalue weighted by Gasteiger charge is 2.09. The monoisotopic (exact) mass is 278 g/mol. The van der Waals surface area contributed by atoms with E-state index >= 15 is 0 Å². The van der Waals surface area contributed by atoms with Crippen molar-refractivity contribution in [2.75, 3.05) is 13.2 Å². The molecule has 0 aliphatic carbocycles. The van der Waals surface area contributed by atoms with Crippen molar-refractivity contribution in [3.8, 4) is 5.75 Å². The lowest BCUT2D eigenvalue weighted by Gasteiger charge is -2.17. The first-order chi connectivity index (χ1) is 9.49. The smallest absolute Gasteiger partial charge is 0.315 e. The fourth-order valence-electron chi connectivity index (χ4n) is 1.52. The summed E-state index contributed by atoms with van der Waals surface area (Å²) < 4.78 is 5.59. The number of urea groups is 1. The lowest BCUT2D eigenvalue weighted by molar-refractivity contribution is 0.233. The molecule has 0 heterocycles. The number of hydrogen-bond donors (Lipinski definition) is 2. The maximum Gasteiger partial charge on any atom is 0.315 e. The summed E-state index contributed by atoms with van der Waals surface area (Å²) in [5.74, 6) is 1.30. The summed E-state index contributed by atoms with van der Waals surface area (Å²) in [7, 11) is 0. The molecule has 0 saturated carbocycles. The zero-order valence-electron chi connectivity index (χ0n) is 12.9. The number of aryl methyl sites for hydroxylation is 1. The van der Waals surface area contributed by atoms with Crippen molar-refractivity contribution in [3.63, 3.8) is 0 Å². The third-order valence-electron chi connectivity index (χ3n) is 3.26. The van der Waals surface area contributed by atoms with Crippen LogP contribution in [-0.2, 0) is 0 Å². The molecule has 2 N–H and O–H groups in total. The van der Waals surface area contributed by atoms with Crippen LogP contribution in [0, 0.1) is 12.8 Å². The van der Waals surface area contributed by atoms with E-state index in [-0.39, 0.29) is 12.1 Å². The van der Waals surface area contributed by atoms with Gasteiger partial charge in [0.05, 0.1) is 6.61 Å². The lowest BCUT2D eigenvalue weighted by Crippen LogP contribution is -2.43. The Kier molecular flexibility index (Phi) is 6.91. The van der Waals surface area contributed by atoms with Gasteiger partial charge in [-0.15, -0.1) is 0 Å². The van der Waals surface area contributed by atoms with Crippen LogP contribution in [0.4, 0.5) is 4.79 Å².